The van der Waals surface area contributed by atoms with Gasteiger partial charge in [-0.1, -0.05) is 24.3 Å². The molecule has 1 aromatic heterocycles. The maximum atomic E-state index is 13.1. The lowest BCUT2D eigenvalue weighted by molar-refractivity contribution is 0.0449. The SMILES string of the molecule is O=C1c2ccccc2-n2c(nc3ccccc3c2=O)[C@@H]2CCN12. The number of para-hydroxylation sites is 2. The van der Waals surface area contributed by atoms with Gasteiger partial charge < -0.3 is 4.90 Å². The summed E-state index contributed by atoms with van der Waals surface area (Å²) in [7, 11) is 0. The second kappa shape index (κ2) is 4.29. The van der Waals surface area contributed by atoms with Crippen molar-refractivity contribution in [2.75, 3.05) is 6.54 Å². The number of fused-ring (bicyclic) bond motifs is 6. The largest absolute Gasteiger partial charge is 0.328 e. The van der Waals surface area contributed by atoms with Gasteiger partial charge in [-0.25, -0.2) is 4.98 Å². The number of hydrogen-bond acceptors (Lipinski definition) is 3. The Balaban J connectivity index is 1.97. The minimum Gasteiger partial charge on any atom is -0.328 e. The topological polar surface area (TPSA) is 55.2 Å². The molecule has 1 saturated heterocycles. The lowest BCUT2D eigenvalue weighted by atomic mass is 10.0. The molecule has 5 rings (SSSR count). The number of amides is 1. The standard InChI is InChI=1S/C18H13N3O2/c22-17-12-6-2-4-8-14(12)21-16(15-9-10-20(15)17)19-13-7-3-1-5-11(13)18(21)23/h1-8,15H,9-10H2/t15-/m0/s1. The molecule has 0 bridgehead atoms. The molecule has 0 aliphatic carbocycles. The zero-order valence-electron chi connectivity index (χ0n) is 12.3. The molecule has 5 nitrogen and oxygen atoms in total. The summed E-state index contributed by atoms with van der Waals surface area (Å²) in [4.78, 5) is 32.3. The van der Waals surface area contributed by atoms with Gasteiger partial charge in [-0.05, 0) is 30.7 Å². The maximum absolute atomic E-state index is 13.1. The molecule has 2 aliphatic rings. The Kier molecular flexibility index (Phi) is 2.34. The van der Waals surface area contributed by atoms with E-state index in [1.807, 2.05) is 36.4 Å². The molecule has 23 heavy (non-hydrogen) atoms. The third-order valence-corrected chi connectivity index (χ3v) is 4.76. The monoisotopic (exact) mass is 303 g/mol. The Morgan fingerprint density at radius 1 is 1.00 bits per heavy atom. The Labute approximate surface area is 131 Å². The average molecular weight is 303 g/mol. The fourth-order valence-corrected chi connectivity index (χ4v) is 3.51. The summed E-state index contributed by atoms with van der Waals surface area (Å²) in [5.74, 6) is 0.643. The van der Waals surface area contributed by atoms with Crippen molar-refractivity contribution in [3.63, 3.8) is 0 Å². The van der Waals surface area contributed by atoms with Crippen LogP contribution in [0.2, 0.25) is 0 Å². The van der Waals surface area contributed by atoms with Gasteiger partial charge in [-0.15, -0.1) is 0 Å². The van der Waals surface area contributed by atoms with Gasteiger partial charge in [-0.3, -0.25) is 14.2 Å². The van der Waals surface area contributed by atoms with Crippen molar-refractivity contribution in [2.24, 2.45) is 0 Å². The summed E-state index contributed by atoms with van der Waals surface area (Å²) in [6.07, 6.45) is 0.838. The quantitative estimate of drug-likeness (QED) is 0.640. The molecule has 2 aromatic carbocycles. The summed E-state index contributed by atoms with van der Waals surface area (Å²) in [6, 6.07) is 14.5. The van der Waals surface area contributed by atoms with E-state index >= 15 is 0 Å². The van der Waals surface area contributed by atoms with Gasteiger partial charge >= 0.3 is 0 Å². The molecule has 3 heterocycles. The van der Waals surface area contributed by atoms with E-state index in [0.717, 1.165) is 6.42 Å². The van der Waals surface area contributed by atoms with Crippen LogP contribution in [0.5, 0.6) is 0 Å². The summed E-state index contributed by atoms with van der Waals surface area (Å²) in [6.45, 7) is 0.709. The first kappa shape index (κ1) is 12.6. The van der Waals surface area contributed by atoms with Crippen LogP contribution in [0.4, 0.5) is 0 Å². The number of benzene rings is 2. The van der Waals surface area contributed by atoms with E-state index in [1.54, 1.807) is 21.6 Å². The van der Waals surface area contributed by atoms with Crippen molar-refractivity contribution >= 4 is 16.8 Å². The van der Waals surface area contributed by atoms with Crippen LogP contribution >= 0.6 is 0 Å². The average Bonchev–Trinajstić information content (AvgIpc) is 2.60. The predicted octanol–water partition coefficient (Wildman–Crippen LogP) is 2.29. The Hall–Kier alpha value is -2.95. The third kappa shape index (κ3) is 1.54. The third-order valence-electron chi connectivity index (χ3n) is 4.76. The molecule has 0 radical (unpaired) electrons. The van der Waals surface area contributed by atoms with Crippen LogP contribution in [0.25, 0.3) is 16.6 Å². The molecule has 0 spiro atoms. The molecule has 1 amide bonds. The van der Waals surface area contributed by atoms with Crippen molar-refractivity contribution in [1.82, 2.24) is 14.5 Å². The molecular formula is C18H13N3O2. The van der Waals surface area contributed by atoms with Gasteiger partial charge in [0.05, 0.1) is 28.2 Å². The highest BCUT2D eigenvalue weighted by Crippen LogP contribution is 2.38. The first-order valence-corrected chi connectivity index (χ1v) is 7.68. The zero-order chi connectivity index (χ0) is 15.6. The van der Waals surface area contributed by atoms with Crippen LogP contribution in [-0.2, 0) is 0 Å². The Morgan fingerprint density at radius 2 is 1.78 bits per heavy atom. The van der Waals surface area contributed by atoms with Crippen LogP contribution in [-0.4, -0.2) is 26.9 Å². The predicted molar refractivity (Wildman–Crippen MR) is 85.7 cm³/mol. The highest BCUT2D eigenvalue weighted by Gasteiger charge is 2.41. The van der Waals surface area contributed by atoms with Gasteiger partial charge in [-0.2, -0.15) is 0 Å². The number of hydrogen-bond donors (Lipinski definition) is 0. The van der Waals surface area contributed by atoms with E-state index in [-0.39, 0.29) is 17.5 Å². The van der Waals surface area contributed by atoms with Crippen molar-refractivity contribution in [1.29, 1.82) is 0 Å². The summed E-state index contributed by atoms with van der Waals surface area (Å²) in [5, 5.41) is 0.575. The minimum absolute atomic E-state index is 0.0224. The fraction of sp³-hybridized carbons (Fsp3) is 0.167. The van der Waals surface area contributed by atoms with Gasteiger partial charge in [0.2, 0.25) is 0 Å². The van der Waals surface area contributed by atoms with Gasteiger partial charge in [0.1, 0.15) is 5.82 Å². The van der Waals surface area contributed by atoms with Gasteiger partial charge in [0.15, 0.2) is 0 Å². The van der Waals surface area contributed by atoms with Gasteiger partial charge in [0, 0.05) is 6.54 Å². The molecule has 2 aliphatic heterocycles. The normalized spacial score (nSPS) is 18.7. The molecule has 0 N–H and O–H groups in total. The second-order valence-electron chi connectivity index (χ2n) is 5.95. The fourth-order valence-electron chi connectivity index (χ4n) is 3.51. The van der Waals surface area contributed by atoms with E-state index < -0.39 is 0 Å². The highest BCUT2D eigenvalue weighted by molar-refractivity contribution is 5.99. The first-order chi connectivity index (χ1) is 11.3. The molecular weight excluding hydrogens is 290 g/mol. The first-order valence-electron chi connectivity index (χ1n) is 7.68. The van der Waals surface area contributed by atoms with E-state index in [4.69, 9.17) is 4.98 Å². The Bertz CT molecular complexity index is 1040. The summed E-state index contributed by atoms with van der Waals surface area (Å²) in [5.41, 5.74) is 1.77. The molecule has 5 heteroatoms. The lowest BCUT2D eigenvalue weighted by Crippen LogP contribution is -2.45. The highest BCUT2D eigenvalue weighted by atomic mass is 16.2. The van der Waals surface area contributed by atoms with Crippen LogP contribution in [0.1, 0.15) is 28.6 Å². The molecule has 0 unspecified atom stereocenters. The molecule has 1 fully saturated rings. The van der Waals surface area contributed by atoms with Crippen LogP contribution < -0.4 is 5.56 Å². The molecule has 3 aromatic rings. The summed E-state index contributed by atoms with van der Waals surface area (Å²) < 4.78 is 1.62. The maximum Gasteiger partial charge on any atom is 0.266 e. The number of carbonyl (C=O) groups excluding carboxylic acids is 1. The lowest BCUT2D eigenvalue weighted by Gasteiger charge is -2.39. The second-order valence-corrected chi connectivity index (χ2v) is 5.95. The Morgan fingerprint density at radius 3 is 2.61 bits per heavy atom. The van der Waals surface area contributed by atoms with Crippen molar-refractivity contribution < 1.29 is 4.79 Å². The molecule has 112 valence electrons. The number of nitrogens with zero attached hydrogens (tertiary/aromatic N) is 3. The van der Waals surface area contributed by atoms with E-state index in [1.165, 1.54) is 0 Å². The van der Waals surface area contributed by atoms with Crippen LogP contribution in [0.15, 0.2) is 53.3 Å². The summed E-state index contributed by atoms with van der Waals surface area (Å²) >= 11 is 0. The van der Waals surface area contributed by atoms with E-state index in [2.05, 4.69) is 0 Å². The molecule has 0 saturated carbocycles. The van der Waals surface area contributed by atoms with E-state index in [0.29, 0.717) is 34.5 Å². The number of rotatable bonds is 0. The van der Waals surface area contributed by atoms with Crippen LogP contribution in [0.3, 0.4) is 0 Å². The minimum atomic E-state index is -0.118. The van der Waals surface area contributed by atoms with Gasteiger partial charge in [0.25, 0.3) is 11.5 Å². The number of carbonyl (C=O) groups is 1. The van der Waals surface area contributed by atoms with Crippen molar-refractivity contribution in [3.05, 3.63) is 70.3 Å². The van der Waals surface area contributed by atoms with Crippen LogP contribution in [0, 0.1) is 0 Å². The van der Waals surface area contributed by atoms with Crippen molar-refractivity contribution in [3.8, 4) is 5.69 Å². The smallest absolute Gasteiger partial charge is 0.266 e. The van der Waals surface area contributed by atoms with Crippen molar-refractivity contribution in [2.45, 2.75) is 12.5 Å². The van der Waals surface area contributed by atoms with E-state index in [9.17, 15) is 9.59 Å². The zero-order valence-corrected chi connectivity index (χ0v) is 12.3. The number of aromatic nitrogens is 2. The molecule has 1 atom stereocenters.